The van der Waals surface area contributed by atoms with Crippen molar-refractivity contribution < 1.29 is 0 Å². The van der Waals surface area contributed by atoms with Gasteiger partial charge in [0.2, 0.25) is 0 Å². The van der Waals surface area contributed by atoms with E-state index in [0.29, 0.717) is 17.2 Å². The molecule has 0 amide bonds. The lowest BCUT2D eigenvalue weighted by Gasteiger charge is -2.05. The van der Waals surface area contributed by atoms with Gasteiger partial charge in [-0.1, -0.05) is 18.2 Å². The maximum atomic E-state index is 6.08. The van der Waals surface area contributed by atoms with Crippen molar-refractivity contribution >= 4 is 35.7 Å². The maximum absolute atomic E-state index is 6.08. The van der Waals surface area contributed by atoms with Crippen molar-refractivity contribution in [3.63, 3.8) is 0 Å². The van der Waals surface area contributed by atoms with Gasteiger partial charge in [0, 0.05) is 11.3 Å². The van der Waals surface area contributed by atoms with Crippen LogP contribution >= 0.6 is 12.4 Å². The van der Waals surface area contributed by atoms with Crippen LogP contribution in [0.1, 0.15) is 31.1 Å². The lowest BCUT2D eigenvalue weighted by Crippen LogP contribution is -2.06. The highest BCUT2D eigenvalue weighted by atomic mass is 35.5. The van der Waals surface area contributed by atoms with E-state index in [4.69, 9.17) is 5.73 Å². The minimum Gasteiger partial charge on any atom is -0.397 e. The van der Waals surface area contributed by atoms with Gasteiger partial charge in [0.1, 0.15) is 0 Å². The maximum Gasteiger partial charge on any atom is 0.182 e. The Labute approximate surface area is 117 Å². The Morgan fingerprint density at radius 3 is 2.68 bits per heavy atom. The van der Waals surface area contributed by atoms with Crippen LogP contribution in [0.5, 0.6) is 0 Å². The molecule has 2 heterocycles. The monoisotopic (exact) mass is 277 g/mol. The lowest BCUT2D eigenvalue weighted by molar-refractivity contribution is 0.466. The number of para-hydroxylation sites is 1. The van der Waals surface area contributed by atoms with Gasteiger partial charge in [-0.2, -0.15) is 4.80 Å². The summed E-state index contributed by atoms with van der Waals surface area (Å²) in [6, 6.07) is 8.19. The molecule has 0 aliphatic carbocycles. The van der Waals surface area contributed by atoms with Crippen LogP contribution in [0.4, 0.5) is 11.5 Å². The molecule has 100 valence electrons. The number of hydrogen-bond donors (Lipinski definition) is 2. The van der Waals surface area contributed by atoms with E-state index in [9.17, 15) is 0 Å². The van der Waals surface area contributed by atoms with Gasteiger partial charge in [0.25, 0.3) is 0 Å². The normalized spacial score (nSPS) is 12.7. The molecule has 3 rings (SSSR count). The number of rotatable bonds is 1. The van der Waals surface area contributed by atoms with Crippen molar-refractivity contribution in [1.82, 2.24) is 15.0 Å². The molecule has 3 N–H and O–H groups in total. The number of nitrogens with two attached hydrogens (primary N) is 1. The Balaban J connectivity index is 0.00000133. The van der Waals surface area contributed by atoms with E-state index in [1.54, 1.807) is 4.80 Å². The van der Waals surface area contributed by atoms with Crippen LogP contribution in [0.3, 0.4) is 0 Å². The molecule has 0 unspecified atom stereocenters. The average molecular weight is 278 g/mol. The Bertz CT molecular complexity index is 630. The van der Waals surface area contributed by atoms with E-state index in [0.717, 1.165) is 11.3 Å². The van der Waals surface area contributed by atoms with E-state index in [-0.39, 0.29) is 18.4 Å². The van der Waals surface area contributed by atoms with E-state index >= 15 is 0 Å². The molecule has 0 fully saturated rings. The summed E-state index contributed by atoms with van der Waals surface area (Å²) in [7, 11) is 0. The first-order chi connectivity index (χ1) is 8.65. The molecular formula is C13H16ClN5. The zero-order valence-corrected chi connectivity index (χ0v) is 11.6. The summed E-state index contributed by atoms with van der Waals surface area (Å²) < 4.78 is 0. The SMILES string of the molecule is CC(C)n1nc2c(n1)C(N)=Cc1ccccc1N2.Cl. The second-order valence-corrected chi connectivity index (χ2v) is 4.62. The first kappa shape index (κ1) is 13.4. The predicted octanol–water partition coefficient (Wildman–Crippen LogP) is 2.79. The van der Waals surface area contributed by atoms with Crippen molar-refractivity contribution in [3.8, 4) is 0 Å². The van der Waals surface area contributed by atoms with Crippen molar-refractivity contribution in [2.24, 2.45) is 5.73 Å². The molecule has 5 nitrogen and oxygen atoms in total. The summed E-state index contributed by atoms with van der Waals surface area (Å²) >= 11 is 0. The van der Waals surface area contributed by atoms with E-state index < -0.39 is 0 Å². The number of halogens is 1. The first-order valence-corrected chi connectivity index (χ1v) is 5.95. The molecule has 0 saturated carbocycles. The minimum absolute atomic E-state index is 0. The molecule has 1 aliphatic heterocycles. The molecule has 0 bridgehead atoms. The fourth-order valence-corrected chi connectivity index (χ4v) is 1.93. The first-order valence-electron chi connectivity index (χ1n) is 5.95. The third kappa shape index (κ3) is 2.29. The second kappa shape index (κ2) is 4.93. The van der Waals surface area contributed by atoms with Crippen LogP contribution in [0.15, 0.2) is 24.3 Å². The molecule has 0 radical (unpaired) electrons. The number of nitrogens with zero attached hydrogens (tertiary/aromatic N) is 3. The standard InChI is InChI=1S/C13H15N5.ClH/c1-8(2)18-16-12-10(14)7-9-5-3-4-6-11(9)15-13(12)17-18;/h3-8H,14H2,1-2H3,(H,15,17);1H. The zero-order valence-electron chi connectivity index (χ0n) is 10.8. The highest BCUT2D eigenvalue weighted by molar-refractivity contribution is 5.90. The molecule has 6 heteroatoms. The highest BCUT2D eigenvalue weighted by Gasteiger charge is 2.19. The van der Waals surface area contributed by atoms with Crippen molar-refractivity contribution in [2.75, 3.05) is 5.32 Å². The molecule has 1 aromatic carbocycles. The largest absolute Gasteiger partial charge is 0.397 e. The van der Waals surface area contributed by atoms with E-state index in [2.05, 4.69) is 15.5 Å². The summed E-state index contributed by atoms with van der Waals surface area (Å²) in [5.41, 5.74) is 9.46. The smallest absolute Gasteiger partial charge is 0.182 e. The molecule has 19 heavy (non-hydrogen) atoms. The molecule has 2 aromatic rings. The quantitative estimate of drug-likeness (QED) is 0.841. The number of aromatic nitrogens is 3. The third-order valence-electron chi connectivity index (χ3n) is 2.89. The Hall–Kier alpha value is -2.01. The van der Waals surface area contributed by atoms with Gasteiger partial charge < -0.3 is 11.1 Å². The van der Waals surface area contributed by atoms with Gasteiger partial charge in [-0.05, 0) is 26.0 Å². The topological polar surface area (TPSA) is 68.8 Å². The minimum atomic E-state index is 0. The second-order valence-electron chi connectivity index (χ2n) is 4.62. The van der Waals surface area contributed by atoms with Gasteiger partial charge in [0.05, 0.1) is 11.7 Å². The Kier molecular flexibility index (Phi) is 3.48. The van der Waals surface area contributed by atoms with Gasteiger partial charge in [-0.15, -0.1) is 22.6 Å². The van der Waals surface area contributed by atoms with Crippen molar-refractivity contribution in [1.29, 1.82) is 0 Å². The number of nitrogens with one attached hydrogen (secondary N) is 1. The fourth-order valence-electron chi connectivity index (χ4n) is 1.93. The van der Waals surface area contributed by atoms with E-state index in [1.165, 1.54) is 0 Å². The number of anilines is 2. The summed E-state index contributed by atoms with van der Waals surface area (Å²) in [6.45, 7) is 4.07. The fraction of sp³-hybridized carbons (Fsp3) is 0.231. The van der Waals surface area contributed by atoms with Crippen molar-refractivity contribution in [3.05, 3.63) is 35.5 Å². The lowest BCUT2D eigenvalue weighted by atomic mass is 10.1. The third-order valence-corrected chi connectivity index (χ3v) is 2.89. The summed E-state index contributed by atoms with van der Waals surface area (Å²) in [6.07, 6.45) is 1.92. The highest BCUT2D eigenvalue weighted by Crippen LogP contribution is 2.30. The van der Waals surface area contributed by atoms with Gasteiger partial charge in [-0.25, -0.2) is 0 Å². The molecule has 0 atom stereocenters. The Morgan fingerprint density at radius 1 is 1.21 bits per heavy atom. The molecule has 0 spiro atoms. The van der Waals surface area contributed by atoms with Crippen LogP contribution in [0, 0.1) is 0 Å². The zero-order chi connectivity index (χ0) is 12.7. The number of benzene rings is 1. The van der Waals surface area contributed by atoms with E-state index in [1.807, 2.05) is 44.2 Å². The Morgan fingerprint density at radius 2 is 1.95 bits per heavy atom. The summed E-state index contributed by atoms with van der Waals surface area (Å²) in [4.78, 5) is 1.67. The van der Waals surface area contributed by atoms with Crippen LogP contribution < -0.4 is 11.1 Å². The van der Waals surface area contributed by atoms with Gasteiger partial charge in [-0.3, -0.25) is 0 Å². The van der Waals surface area contributed by atoms with Crippen LogP contribution in [-0.4, -0.2) is 15.0 Å². The summed E-state index contributed by atoms with van der Waals surface area (Å²) in [5, 5.41) is 12.1. The summed E-state index contributed by atoms with van der Waals surface area (Å²) in [5.74, 6) is 0.711. The van der Waals surface area contributed by atoms with Crippen molar-refractivity contribution in [2.45, 2.75) is 19.9 Å². The molecule has 1 aliphatic rings. The van der Waals surface area contributed by atoms with Gasteiger partial charge in [0.15, 0.2) is 11.5 Å². The van der Waals surface area contributed by atoms with Crippen LogP contribution in [-0.2, 0) is 0 Å². The molecule has 1 aromatic heterocycles. The average Bonchev–Trinajstić information content (AvgIpc) is 2.71. The van der Waals surface area contributed by atoms with Gasteiger partial charge >= 0.3 is 0 Å². The van der Waals surface area contributed by atoms with Crippen LogP contribution in [0.2, 0.25) is 0 Å². The molecule has 0 saturated heterocycles. The molecular weight excluding hydrogens is 262 g/mol. The predicted molar refractivity (Wildman–Crippen MR) is 79.4 cm³/mol. The van der Waals surface area contributed by atoms with Crippen LogP contribution in [0.25, 0.3) is 11.8 Å². The number of hydrogen-bond acceptors (Lipinski definition) is 4. The number of fused-ring (bicyclic) bond motifs is 2.